The number of aromatic nitrogens is 1. The minimum Gasteiger partial charge on any atom is -0.489 e. The molecular formula is C30H31N3O3. The van der Waals surface area contributed by atoms with Gasteiger partial charge in [-0.25, -0.2) is 0 Å². The first-order valence-electron chi connectivity index (χ1n) is 12.4. The molecule has 4 aromatic rings. The van der Waals surface area contributed by atoms with Crippen LogP contribution in [0.3, 0.4) is 0 Å². The summed E-state index contributed by atoms with van der Waals surface area (Å²) >= 11 is 0. The van der Waals surface area contributed by atoms with Crippen molar-refractivity contribution >= 4 is 22.9 Å². The maximum absolute atomic E-state index is 12.4. The molecule has 5 rings (SSSR count). The molecule has 36 heavy (non-hydrogen) atoms. The molecule has 0 bridgehead atoms. The second-order valence-corrected chi connectivity index (χ2v) is 9.12. The first kappa shape index (κ1) is 23.9. The molecule has 2 N–H and O–H groups in total. The number of carboxylic acids is 1. The predicted octanol–water partition coefficient (Wildman–Crippen LogP) is 5.20. The first-order valence-corrected chi connectivity index (χ1v) is 12.4. The van der Waals surface area contributed by atoms with Gasteiger partial charge < -0.3 is 14.8 Å². The van der Waals surface area contributed by atoms with E-state index in [1.54, 1.807) is 0 Å². The van der Waals surface area contributed by atoms with Crippen LogP contribution in [0.5, 0.6) is 5.75 Å². The summed E-state index contributed by atoms with van der Waals surface area (Å²) in [6, 6.07) is 25.4. The molecule has 1 aliphatic heterocycles. The number of carboxylic acid groups (broad SMARTS) is 1. The van der Waals surface area contributed by atoms with E-state index in [9.17, 15) is 9.90 Å². The average Bonchev–Trinajstić information content (AvgIpc) is 3.32. The van der Waals surface area contributed by atoms with E-state index < -0.39 is 12.0 Å². The summed E-state index contributed by atoms with van der Waals surface area (Å²) in [6.07, 6.45) is 6.15. The molecule has 1 atom stereocenters. The third-order valence-corrected chi connectivity index (χ3v) is 6.71. The minimum atomic E-state index is -0.822. The van der Waals surface area contributed by atoms with Crippen LogP contribution in [0.15, 0.2) is 91.1 Å². The highest BCUT2D eigenvalue weighted by Crippen LogP contribution is 2.31. The number of hydrogen-bond donors (Lipinski definition) is 2. The minimum absolute atomic E-state index is 0.489. The van der Waals surface area contributed by atoms with E-state index in [2.05, 4.69) is 39.1 Å². The zero-order valence-corrected chi connectivity index (χ0v) is 20.2. The molecule has 3 aromatic carbocycles. The number of nitrogens with one attached hydrogen (secondary N) is 1. The van der Waals surface area contributed by atoms with Crippen LogP contribution in [0.25, 0.3) is 17.0 Å². The molecule has 6 nitrogen and oxygen atoms in total. The van der Waals surface area contributed by atoms with E-state index >= 15 is 0 Å². The summed E-state index contributed by atoms with van der Waals surface area (Å²) < 4.78 is 5.95. The lowest BCUT2D eigenvalue weighted by molar-refractivity contribution is -0.144. The van der Waals surface area contributed by atoms with Crippen LogP contribution in [0.2, 0.25) is 0 Å². The maximum atomic E-state index is 12.4. The molecule has 0 saturated carbocycles. The smallest absolute Gasteiger partial charge is 0.325 e. The molecule has 1 fully saturated rings. The summed E-state index contributed by atoms with van der Waals surface area (Å²) in [5.74, 6) is -0.0680. The quantitative estimate of drug-likeness (QED) is 0.344. The highest BCUT2D eigenvalue weighted by atomic mass is 16.5. The van der Waals surface area contributed by atoms with Crippen molar-refractivity contribution in [2.45, 2.75) is 12.6 Å². The van der Waals surface area contributed by atoms with Gasteiger partial charge in [0.15, 0.2) is 0 Å². The van der Waals surface area contributed by atoms with E-state index in [0.717, 1.165) is 47.4 Å². The summed E-state index contributed by atoms with van der Waals surface area (Å²) in [7, 11) is 0. The van der Waals surface area contributed by atoms with Gasteiger partial charge in [-0.1, -0.05) is 72.8 Å². The normalized spacial score (nSPS) is 15.9. The number of hydrogen-bond acceptors (Lipinski definition) is 4. The lowest BCUT2D eigenvalue weighted by Crippen LogP contribution is -2.49. The number of carbonyl (C=O) groups is 1. The SMILES string of the molecule is O=C(O)C(c1c[nH]c2cc(OCc3ccccc3)ccc12)N1CCN(C/C=C/c2ccccc2)CC1. The van der Waals surface area contributed by atoms with E-state index in [4.69, 9.17) is 4.74 Å². The molecule has 184 valence electrons. The Balaban J connectivity index is 1.22. The third kappa shape index (κ3) is 5.67. The number of nitrogens with zero attached hydrogens (tertiary/aromatic N) is 2. The monoisotopic (exact) mass is 481 g/mol. The number of rotatable bonds is 9. The molecule has 2 heterocycles. The van der Waals surface area contributed by atoms with Crippen molar-refractivity contribution in [3.63, 3.8) is 0 Å². The largest absolute Gasteiger partial charge is 0.489 e. The van der Waals surface area contributed by atoms with Crippen LogP contribution in [0, 0.1) is 0 Å². The van der Waals surface area contributed by atoms with Crippen molar-refractivity contribution in [1.82, 2.24) is 14.8 Å². The topological polar surface area (TPSA) is 68.8 Å². The number of aliphatic carboxylic acids is 1. The zero-order valence-electron chi connectivity index (χ0n) is 20.2. The van der Waals surface area contributed by atoms with Crippen LogP contribution in [0.1, 0.15) is 22.7 Å². The van der Waals surface area contributed by atoms with E-state index in [1.165, 1.54) is 5.56 Å². The van der Waals surface area contributed by atoms with Gasteiger partial charge in [-0.15, -0.1) is 0 Å². The second-order valence-electron chi connectivity index (χ2n) is 9.12. The first-order chi connectivity index (χ1) is 17.7. The molecule has 0 spiro atoms. The number of H-pyrrole nitrogens is 1. The van der Waals surface area contributed by atoms with Gasteiger partial charge in [-0.3, -0.25) is 14.6 Å². The van der Waals surface area contributed by atoms with Gasteiger partial charge in [0.1, 0.15) is 18.4 Å². The molecular weight excluding hydrogens is 450 g/mol. The molecule has 1 saturated heterocycles. The Hall–Kier alpha value is -3.87. The van der Waals surface area contributed by atoms with Gasteiger partial charge in [0, 0.05) is 61.5 Å². The Morgan fingerprint density at radius 2 is 1.69 bits per heavy atom. The number of ether oxygens (including phenoxy) is 1. The van der Waals surface area contributed by atoms with Gasteiger partial charge in [0.25, 0.3) is 0 Å². The van der Waals surface area contributed by atoms with Crippen molar-refractivity contribution in [1.29, 1.82) is 0 Å². The Morgan fingerprint density at radius 1 is 0.972 bits per heavy atom. The fourth-order valence-corrected chi connectivity index (χ4v) is 4.78. The lowest BCUT2D eigenvalue weighted by atomic mass is 10.0. The number of piperazine rings is 1. The van der Waals surface area contributed by atoms with Crippen molar-refractivity contribution < 1.29 is 14.6 Å². The molecule has 1 unspecified atom stereocenters. The Bertz CT molecular complexity index is 1310. The van der Waals surface area contributed by atoms with Crippen molar-refractivity contribution in [2.75, 3.05) is 32.7 Å². The van der Waals surface area contributed by atoms with Crippen LogP contribution in [0.4, 0.5) is 0 Å². The van der Waals surface area contributed by atoms with Gasteiger partial charge in [0.05, 0.1) is 0 Å². The third-order valence-electron chi connectivity index (χ3n) is 6.71. The van der Waals surface area contributed by atoms with E-state index in [1.807, 2.05) is 72.9 Å². The zero-order chi connectivity index (χ0) is 24.7. The van der Waals surface area contributed by atoms with E-state index in [0.29, 0.717) is 19.7 Å². The van der Waals surface area contributed by atoms with Crippen molar-refractivity contribution in [3.05, 3.63) is 108 Å². The van der Waals surface area contributed by atoms with Crippen LogP contribution in [-0.4, -0.2) is 58.6 Å². The lowest BCUT2D eigenvalue weighted by Gasteiger charge is -2.37. The fourth-order valence-electron chi connectivity index (χ4n) is 4.78. The van der Waals surface area contributed by atoms with Gasteiger partial charge in [-0.2, -0.15) is 0 Å². The average molecular weight is 482 g/mol. The van der Waals surface area contributed by atoms with Crippen molar-refractivity contribution in [2.24, 2.45) is 0 Å². The molecule has 6 heteroatoms. The summed E-state index contributed by atoms with van der Waals surface area (Å²) in [5, 5.41) is 11.1. The molecule has 0 amide bonds. The predicted molar refractivity (Wildman–Crippen MR) is 143 cm³/mol. The molecule has 1 aromatic heterocycles. The Morgan fingerprint density at radius 3 is 2.42 bits per heavy atom. The number of benzene rings is 3. The maximum Gasteiger partial charge on any atom is 0.325 e. The number of aromatic amines is 1. The van der Waals surface area contributed by atoms with E-state index in [-0.39, 0.29) is 0 Å². The van der Waals surface area contributed by atoms with Crippen LogP contribution in [-0.2, 0) is 11.4 Å². The van der Waals surface area contributed by atoms with Crippen LogP contribution < -0.4 is 4.74 Å². The highest BCUT2D eigenvalue weighted by molar-refractivity contribution is 5.90. The molecule has 0 aliphatic carbocycles. The van der Waals surface area contributed by atoms with Gasteiger partial charge in [0.2, 0.25) is 0 Å². The van der Waals surface area contributed by atoms with Crippen molar-refractivity contribution in [3.8, 4) is 5.75 Å². The Labute approximate surface area is 211 Å². The van der Waals surface area contributed by atoms with Gasteiger partial charge >= 0.3 is 5.97 Å². The standard InChI is InChI=1S/C30H31N3O3/c34-30(35)29(33-18-16-32(17-19-33)15-7-12-23-8-3-1-4-9-23)27-21-31-28-20-25(13-14-26(27)28)36-22-24-10-5-2-6-11-24/h1-14,20-21,29,31H,15-19,22H2,(H,34,35)/b12-7+. The highest BCUT2D eigenvalue weighted by Gasteiger charge is 2.32. The summed E-state index contributed by atoms with van der Waals surface area (Å²) in [4.78, 5) is 20.1. The number of fused-ring (bicyclic) bond motifs is 1. The summed E-state index contributed by atoms with van der Waals surface area (Å²) in [5.41, 5.74) is 3.97. The Kier molecular flexibility index (Phi) is 7.45. The molecule has 0 radical (unpaired) electrons. The van der Waals surface area contributed by atoms with Gasteiger partial charge in [-0.05, 0) is 23.3 Å². The summed E-state index contributed by atoms with van der Waals surface area (Å²) in [6.45, 7) is 4.44. The second kappa shape index (κ2) is 11.2. The van der Waals surface area contributed by atoms with Crippen LogP contribution >= 0.6 is 0 Å². The molecule has 1 aliphatic rings. The fraction of sp³-hybridized carbons (Fsp3) is 0.233.